The van der Waals surface area contributed by atoms with Gasteiger partial charge in [-0.05, 0) is 31.0 Å². The first-order valence-corrected chi connectivity index (χ1v) is 9.75. The molecule has 0 aromatic heterocycles. The van der Waals surface area contributed by atoms with E-state index in [4.69, 9.17) is 4.43 Å². The van der Waals surface area contributed by atoms with E-state index in [1.54, 1.807) is 0 Å². The Balaban J connectivity index is 4.75. The molecular formula is C11H22BrF3OSi. The van der Waals surface area contributed by atoms with Crippen molar-refractivity contribution in [3.05, 3.63) is 0 Å². The first-order valence-electron chi connectivity index (χ1n) is 5.72. The van der Waals surface area contributed by atoms with Gasteiger partial charge < -0.3 is 4.43 Å². The molecule has 0 aliphatic carbocycles. The molecule has 1 unspecified atom stereocenters. The Kier molecular flexibility index (Phi) is 6.22. The van der Waals surface area contributed by atoms with Crippen molar-refractivity contribution in [3.8, 4) is 0 Å². The molecule has 0 rings (SSSR count). The van der Waals surface area contributed by atoms with Gasteiger partial charge >= 0.3 is 6.18 Å². The largest absolute Gasteiger partial charge is 0.413 e. The van der Waals surface area contributed by atoms with Crippen LogP contribution in [0.4, 0.5) is 13.2 Å². The lowest BCUT2D eigenvalue weighted by molar-refractivity contribution is -0.200. The second-order valence-electron chi connectivity index (χ2n) is 5.74. The summed E-state index contributed by atoms with van der Waals surface area (Å²) in [6.45, 7) is 9.52. The Bertz CT molecular complexity index is 236. The Morgan fingerprint density at radius 3 is 1.94 bits per heavy atom. The van der Waals surface area contributed by atoms with Crippen LogP contribution in [0.25, 0.3) is 0 Å². The fraction of sp³-hybridized carbons (Fsp3) is 1.00. The third-order valence-electron chi connectivity index (χ3n) is 3.21. The van der Waals surface area contributed by atoms with Crippen molar-refractivity contribution in [1.29, 1.82) is 0 Å². The molecule has 0 saturated heterocycles. The Hall–Kier alpha value is 0.447. The number of hydrogen-bond acceptors (Lipinski definition) is 1. The van der Waals surface area contributed by atoms with Crippen molar-refractivity contribution in [1.82, 2.24) is 0 Å². The third kappa shape index (κ3) is 5.74. The molecule has 0 bridgehead atoms. The summed E-state index contributed by atoms with van der Waals surface area (Å²) in [5, 5.41) is 0.366. The van der Waals surface area contributed by atoms with Gasteiger partial charge in [0.2, 0.25) is 0 Å². The van der Waals surface area contributed by atoms with E-state index in [0.717, 1.165) is 0 Å². The zero-order valence-corrected chi connectivity index (χ0v) is 13.7. The number of hydrogen-bond donors (Lipinski definition) is 0. The van der Waals surface area contributed by atoms with E-state index in [1.165, 1.54) is 0 Å². The van der Waals surface area contributed by atoms with Crippen LogP contribution in [-0.2, 0) is 4.43 Å². The number of alkyl halides is 4. The van der Waals surface area contributed by atoms with Gasteiger partial charge in [-0.3, -0.25) is 0 Å². The van der Waals surface area contributed by atoms with Crippen LogP contribution in [0.3, 0.4) is 0 Å². The standard InChI is InChI=1S/C11H22BrF3OSi/c1-10(2,3)17(4,5)16-9(7-6-8-12)11(13,14)15/h9H,6-8H2,1-5H3. The van der Waals surface area contributed by atoms with E-state index in [9.17, 15) is 13.2 Å². The van der Waals surface area contributed by atoms with Crippen LogP contribution in [0.5, 0.6) is 0 Å². The van der Waals surface area contributed by atoms with Gasteiger partial charge in [0, 0.05) is 5.33 Å². The Morgan fingerprint density at radius 2 is 1.65 bits per heavy atom. The van der Waals surface area contributed by atoms with Crippen molar-refractivity contribution < 1.29 is 17.6 Å². The molecule has 17 heavy (non-hydrogen) atoms. The lowest BCUT2D eigenvalue weighted by atomic mass is 10.2. The Morgan fingerprint density at radius 1 is 1.18 bits per heavy atom. The van der Waals surface area contributed by atoms with Gasteiger partial charge in [0.05, 0.1) is 0 Å². The molecular weight excluding hydrogens is 313 g/mol. The van der Waals surface area contributed by atoms with Crippen LogP contribution in [-0.4, -0.2) is 25.9 Å². The summed E-state index contributed by atoms with van der Waals surface area (Å²) in [5.41, 5.74) is 0. The van der Waals surface area contributed by atoms with E-state index < -0.39 is 20.6 Å². The predicted octanol–water partition coefficient (Wildman–Crippen LogP) is 5.11. The SMILES string of the molecule is CC(C)(C)[Si](C)(C)OC(CCCBr)C(F)(F)F. The van der Waals surface area contributed by atoms with Crippen LogP contribution < -0.4 is 0 Å². The second kappa shape index (κ2) is 6.06. The van der Waals surface area contributed by atoms with Crippen molar-refractivity contribution >= 4 is 24.2 Å². The van der Waals surface area contributed by atoms with Gasteiger partial charge in [-0.15, -0.1) is 0 Å². The zero-order valence-electron chi connectivity index (χ0n) is 11.1. The molecule has 1 atom stereocenters. The third-order valence-corrected chi connectivity index (χ3v) is 8.25. The van der Waals surface area contributed by atoms with E-state index in [-0.39, 0.29) is 11.5 Å². The summed E-state index contributed by atoms with van der Waals surface area (Å²) in [7, 11) is -2.36. The van der Waals surface area contributed by atoms with E-state index in [0.29, 0.717) is 11.8 Å². The quantitative estimate of drug-likeness (QED) is 0.501. The molecule has 0 aromatic rings. The van der Waals surface area contributed by atoms with Gasteiger partial charge in [0.25, 0.3) is 0 Å². The monoisotopic (exact) mass is 334 g/mol. The minimum absolute atomic E-state index is 0.0290. The summed E-state index contributed by atoms with van der Waals surface area (Å²) in [6.07, 6.45) is -5.39. The van der Waals surface area contributed by atoms with Crippen LogP contribution in [0.1, 0.15) is 33.6 Å². The van der Waals surface area contributed by atoms with Crippen LogP contribution >= 0.6 is 15.9 Å². The second-order valence-corrected chi connectivity index (χ2v) is 11.3. The highest BCUT2D eigenvalue weighted by Gasteiger charge is 2.47. The van der Waals surface area contributed by atoms with Crippen LogP contribution in [0.15, 0.2) is 0 Å². The molecule has 6 heteroatoms. The maximum Gasteiger partial charge on any atom is 0.413 e. The van der Waals surface area contributed by atoms with Gasteiger partial charge in [-0.2, -0.15) is 13.2 Å². The van der Waals surface area contributed by atoms with E-state index in [1.807, 2.05) is 33.9 Å². The van der Waals surface area contributed by atoms with E-state index in [2.05, 4.69) is 15.9 Å². The molecule has 0 aromatic carbocycles. The summed E-state index contributed by atoms with van der Waals surface area (Å²) < 4.78 is 44.0. The minimum Gasteiger partial charge on any atom is -0.405 e. The average Bonchev–Trinajstić information content (AvgIpc) is 2.08. The van der Waals surface area contributed by atoms with E-state index >= 15 is 0 Å². The topological polar surface area (TPSA) is 9.23 Å². The summed E-state index contributed by atoms with van der Waals surface area (Å²) in [5.74, 6) is 0. The highest BCUT2D eigenvalue weighted by Crippen LogP contribution is 2.40. The van der Waals surface area contributed by atoms with Gasteiger partial charge in [0.15, 0.2) is 8.32 Å². The first-order chi connectivity index (χ1) is 7.42. The highest BCUT2D eigenvalue weighted by molar-refractivity contribution is 9.09. The maximum atomic E-state index is 12.8. The molecule has 0 aliphatic rings. The molecule has 0 fully saturated rings. The normalized spacial score (nSPS) is 16.1. The lowest BCUT2D eigenvalue weighted by Gasteiger charge is -2.39. The smallest absolute Gasteiger partial charge is 0.405 e. The van der Waals surface area contributed by atoms with Crippen molar-refractivity contribution in [2.75, 3.05) is 5.33 Å². The van der Waals surface area contributed by atoms with Gasteiger partial charge in [-0.25, -0.2) is 0 Å². The van der Waals surface area contributed by atoms with Crippen LogP contribution in [0, 0.1) is 0 Å². The number of halogens is 4. The maximum absolute atomic E-state index is 12.8. The molecule has 0 spiro atoms. The molecule has 104 valence electrons. The molecule has 0 amide bonds. The van der Waals surface area contributed by atoms with Crippen molar-refractivity contribution in [2.45, 2.75) is 64.0 Å². The molecule has 0 heterocycles. The fourth-order valence-electron chi connectivity index (χ4n) is 1.08. The summed E-state index contributed by atoms with van der Waals surface area (Å²) >= 11 is 3.15. The first kappa shape index (κ1) is 17.4. The predicted molar refractivity (Wildman–Crippen MR) is 71.2 cm³/mol. The molecule has 0 saturated carbocycles. The molecule has 0 radical (unpaired) electrons. The molecule has 1 nitrogen and oxygen atoms in total. The summed E-state index contributed by atoms with van der Waals surface area (Å²) in [4.78, 5) is 0. The van der Waals surface area contributed by atoms with Gasteiger partial charge in [-0.1, -0.05) is 36.7 Å². The zero-order chi connectivity index (χ0) is 13.9. The number of rotatable bonds is 5. The van der Waals surface area contributed by atoms with Crippen molar-refractivity contribution in [2.24, 2.45) is 0 Å². The molecule has 0 N–H and O–H groups in total. The minimum atomic E-state index is -4.27. The highest BCUT2D eigenvalue weighted by atomic mass is 79.9. The fourth-order valence-corrected chi connectivity index (χ4v) is 2.72. The summed E-state index contributed by atoms with van der Waals surface area (Å²) in [6, 6.07) is 0. The van der Waals surface area contributed by atoms with Gasteiger partial charge in [0.1, 0.15) is 6.10 Å². The lowest BCUT2D eigenvalue weighted by Crippen LogP contribution is -2.48. The Labute approximate surface area is 111 Å². The average molecular weight is 335 g/mol. The molecule has 0 aliphatic heterocycles. The van der Waals surface area contributed by atoms with Crippen LogP contribution in [0.2, 0.25) is 18.1 Å². The van der Waals surface area contributed by atoms with Crippen molar-refractivity contribution in [3.63, 3.8) is 0 Å².